The fourth-order valence-electron chi connectivity index (χ4n) is 4.50. The number of rotatable bonds is 6. The monoisotopic (exact) mass is 466 g/mol. The van der Waals surface area contributed by atoms with Crippen molar-refractivity contribution in [3.05, 3.63) is 98.3 Å². The van der Waals surface area contributed by atoms with Crippen LogP contribution >= 0.6 is 11.6 Å². The molecule has 8 heteroatoms. The minimum absolute atomic E-state index is 0.0114. The number of nitro groups is 1. The highest BCUT2D eigenvalue weighted by Crippen LogP contribution is 2.45. The maximum Gasteiger partial charge on any atom is 0.315 e. The first-order valence-corrected chi connectivity index (χ1v) is 11.1. The number of benzene rings is 2. The number of hydrogen-bond donors (Lipinski definition) is 1. The molecule has 2 aromatic rings. The highest BCUT2D eigenvalue weighted by molar-refractivity contribution is 6.32. The van der Waals surface area contributed by atoms with E-state index in [0.29, 0.717) is 48.2 Å². The molecule has 1 aliphatic heterocycles. The molecule has 1 heterocycles. The van der Waals surface area contributed by atoms with E-state index in [4.69, 9.17) is 16.3 Å². The van der Waals surface area contributed by atoms with Crippen LogP contribution in [0.3, 0.4) is 0 Å². The topological polar surface area (TPSA) is 98.5 Å². The molecule has 0 saturated heterocycles. The fraction of sp³-hybridized carbons (Fsp3) is 0.280. The van der Waals surface area contributed by atoms with Gasteiger partial charge in [-0.3, -0.25) is 19.7 Å². The summed E-state index contributed by atoms with van der Waals surface area (Å²) in [5, 5.41) is 14.6. The first kappa shape index (κ1) is 22.7. The van der Waals surface area contributed by atoms with Gasteiger partial charge in [-0.1, -0.05) is 54.6 Å². The number of nitrogens with zero attached hydrogens (tertiary/aromatic N) is 1. The second kappa shape index (κ2) is 9.58. The van der Waals surface area contributed by atoms with Gasteiger partial charge in [-0.25, -0.2) is 0 Å². The molecule has 1 aliphatic carbocycles. The number of hydrogen-bond acceptors (Lipinski definition) is 6. The maximum atomic E-state index is 13.2. The highest BCUT2D eigenvalue weighted by atomic mass is 35.5. The van der Waals surface area contributed by atoms with Crippen molar-refractivity contribution in [1.29, 1.82) is 0 Å². The van der Waals surface area contributed by atoms with E-state index in [1.54, 1.807) is 6.07 Å². The number of nitro benzene ring substituents is 1. The molecule has 0 radical (unpaired) electrons. The van der Waals surface area contributed by atoms with Crippen molar-refractivity contribution >= 4 is 29.0 Å². The quantitative estimate of drug-likeness (QED) is 0.371. The standard InChI is InChI=1S/C25H23ClN2O5/c1-15-22(25(30)33-13-12-16-6-3-2-4-7-16)23(24-19(27-15)8-5-9-21(24)29)17-10-11-18(26)20(14-17)28(31)32/h2-4,6-7,10-11,14,22-23,27H,1,5,8-9,12-13H2. The van der Waals surface area contributed by atoms with Crippen LogP contribution in [-0.4, -0.2) is 23.3 Å². The summed E-state index contributed by atoms with van der Waals surface area (Å²) < 4.78 is 5.59. The Labute approximate surface area is 196 Å². The van der Waals surface area contributed by atoms with Crippen LogP contribution in [0.1, 0.15) is 36.3 Å². The number of ether oxygens (including phenoxy) is 1. The molecule has 4 rings (SSSR count). The second-order valence-electron chi connectivity index (χ2n) is 8.15. The summed E-state index contributed by atoms with van der Waals surface area (Å²) >= 11 is 6.01. The van der Waals surface area contributed by atoms with Gasteiger partial charge in [0.25, 0.3) is 5.69 Å². The number of allylic oxidation sites excluding steroid dienone is 2. The lowest BCUT2D eigenvalue weighted by atomic mass is 9.71. The molecule has 2 unspecified atom stereocenters. The van der Waals surface area contributed by atoms with E-state index in [2.05, 4.69) is 11.9 Å². The molecule has 0 spiro atoms. The number of carbonyl (C=O) groups is 2. The van der Waals surface area contributed by atoms with Gasteiger partial charge in [-0.05, 0) is 30.0 Å². The third kappa shape index (κ3) is 4.68. The van der Waals surface area contributed by atoms with Gasteiger partial charge in [0, 0.05) is 41.8 Å². The number of carbonyl (C=O) groups excluding carboxylic acids is 2. The molecule has 0 saturated carbocycles. The van der Waals surface area contributed by atoms with Crippen molar-refractivity contribution in [1.82, 2.24) is 5.32 Å². The van der Waals surface area contributed by atoms with E-state index in [9.17, 15) is 19.7 Å². The Bertz CT molecular complexity index is 1160. The third-order valence-corrected chi connectivity index (χ3v) is 6.36. The van der Waals surface area contributed by atoms with E-state index in [0.717, 1.165) is 5.56 Å². The molecular formula is C25H23ClN2O5. The van der Waals surface area contributed by atoms with Gasteiger partial charge in [-0.15, -0.1) is 0 Å². The van der Waals surface area contributed by atoms with E-state index < -0.39 is 22.7 Å². The van der Waals surface area contributed by atoms with Gasteiger partial charge < -0.3 is 10.1 Å². The summed E-state index contributed by atoms with van der Waals surface area (Å²) in [7, 11) is 0. The van der Waals surface area contributed by atoms with Crippen molar-refractivity contribution in [2.45, 2.75) is 31.6 Å². The lowest BCUT2D eigenvalue weighted by molar-refractivity contribution is -0.384. The maximum absolute atomic E-state index is 13.2. The first-order chi connectivity index (χ1) is 15.9. The molecule has 0 aromatic heterocycles. The lowest BCUT2D eigenvalue weighted by Gasteiger charge is -2.38. The van der Waals surface area contributed by atoms with Crippen molar-refractivity contribution in [2.24, 2.45) is 5.92 Å². The Balaban J connectivity index is 1.68. The fourth-order valence-corrected chi connectivity index (χ4v) is 4.68. The largest absolute Gasteiger partial charge is 0.465 e. The van der Waals surface area contributed by atoms with E-state index in [-0.39, 0.29) is 23.1 Å². The minimum Gasteiger partial charge on any atom is -0.465 e. The van der Waals surface area contributed by atoms with Gasteiger partial charge >= 0.3 is 5.97 Å². The Hall–Kier alpha value is -3.45. The van der Waals surface area contributed by atoms with Crippen molar-refractivity contribution in [3.63, 3.8) is 0 Å². The highest BCUT2D eigenvalue weighted by Gasteiger charge is 2.44. The van der Waals surface area contributed by atoms with Gasteiger partial charge in [0.1, 0.15) is 10.9 Å². The predicted octanol–water partition coefficient (Wildman–Crippen LogP) is 4.86. The normalized spacial score (nSPS) is 20.2. The molecule has 1 N–H and O–H groups in total. The predicted molar refractivity (Wildman–Crippen MR) is 124 cm³/mol. The number of esters is 1. The zero-order chi connectivity index (χ0) is 23.5. The Kier molecular flexibility index (Phi) is 6.60. The molecule has 7 nitrogen and oxygen atoms in total. The molecule has 2 aromatic carbocycles. The summed E-state index contributed by atoms with van der Waals surface area (Å²) in [6.45, 7) is 4.20. The third-order valence-electron chi connectivity index (χ3n) is 6.05. The summed E-state index contributed by atoms with van der Waals surface area (Å²) in [5.41, 5.74) is 2.81. The van der Waals surface area contributed by atoms with Gasteiger partial charge in [0.2, 0.25) is 0 Å². The molecule has 170 valence electrons. The van der Waals surface area contributed by atoms with Gasteiger partial charge in [0.15, 0.2) is 5.78 Å². The average Bonchev–Trinajstić information content (AvgIpc) is 2.79. The number of Topliss-reactive ketones (excluding diaryl/α,β-unsaturated/α-hetero) is 1. The molecule has 0 amide bonds. The molecular weight excluding hydrogens is 444 g/mol. The summed E-state index contributed by atoms with van der Waals surface area (Å²) in [6.07, 6.45) is 2.23. The second-order valence-corrected chi connectivity index (χ2v) is 8.55. The Morgan fingerprint density at radius 1 is 1.21 bits per heavy atom. The molecule has 33 heavy (non-hydrogen) atoms. The molecule has 2 atom stereocenters. The summed E-state index contributed by atoms with van der Waals surface area (Å²) in [5.74, 6) is -2.25. The first-order valence-electron chi connectivity index (χ1n) is 10.7. The van der Waals surface area contributed by atoms with Gasteiger partial charge in [0.05, 0.1) is 11.5 Å². The van der Waals surface area contributed by atoms with Crippen molar-refractivity contribution in [2.75, 3.05) is 6.61 Å². The van der Waals surface area contributed by atoms with E-state index in [1.165, 1.54) is 12.1 Å². The van der Waals surface area contributed by atoms with E-state index in [1.807, 2.05) is 30.3 Å². The smallest absolute Gasteiger partial charge is 0.315 e. The van der Waals surface area contributed by atoms with Crippen molar-refractivity contribution in [3.8, 4) is 0 Å². The van der Waals surface area contributed by atoms with Gasteiger partial charge in [-0.2, -0.15) is 0 Å². The number of ketones is 1. The van der Waals surface area contributed by atoms with Crippen LogP contribution in [0, 0.1) is 16.0 Å². The van der Waals surface area contributed by atoms with Crippen LogP contribution in [-0.2, 0) is 20.7 Å². The minimum atomic E-state index is -0.901. The Morgan fingerprint density at radius 3 is 2.70 bits per heavy atom. The SMILES string of the molecule is C=C1NC2=C(C(=O)CCC2)C(c2ccc(Cl)c([N+](=O)[O-])c2)C1C(=O)OCCc1ccccc1. The average molecular weight is 467 g/mol. The summed E-state index contributed by atoms with van der Waals surface area (Å²) in [4.78, 5) is 37.1. The van der Waals surface area contributed by atoms with Crippen LogP contribution in [0.5, 0.6) is 0 Å². The van der Waals surface area contributed by atoms with E-state index >= 15 is 0 Å². The molecule has 2 aliphatic rings. The molecule has 0 fully saturated rings. The van der Waals surface area contributed by atoms with Crippen LogP contribution in [0.4, 0.5) is 5.69 Å². The zero-order valence-electron chi connectivity index (χ0n) is 17.9. The zero-order valence-corrected chi connectivity index (χ0v) is 18.6. The number of halogens is 1. The summed E-state index contributed by atoms with van der Waals surface area (Å²) in [6, 6.07) is 14.0. The number of nitrogens with one attached hydrogen (secondary N) is 1. The van der Waals surface area contributed by atoms with Crippen LogP contribution in [0.15, 0.2) is 72.1 Å². The van der Waals surface area contributed by atoms with Crippen molar-refractivity contribution < 1.29 is 19.2 Å². The van der Waals surface area contributed by atoms with Crippen LogP contribution < -0.4 is 5.32 Å². The lowest BCUT2D eigenvalue weighted by Crippen LogP contribution is -2.41. The molecule has 0 bridgehead atoms. The van der Waals surface area contributed by atoms with Crippen LogP contribution in [0.2, 0.25) is 5.02 Å². The van der Waals surface area contributed by atoms with Crippen LogP contribution in [0.25, 0.3) is 0 Å². The Morgan fingerprint density at radius 2 is 1.97 bits per heavy atom.